The third kappa shape index (κ3) is 2.56. The van der Waals surface area contributed by atoms with Crippen LogP contribution in [0.2, 0.25) is 5.82 Å². The van der Waals surface area contributed by atoms with E-state index in [1.54, 1.807) is 0 Å². The van der Waals surface area contributed by atoms with Crippen LogP contribution >= 0.6 is 0 Å². The number of hydrogen-bond donors (Lipinski definition) is 0. The van der Waals surface area contributed by atoms with E-state index in [1.807, 2.05) is 0 Å². The second kappa shape index (κ2) is 4.42. The van der Waals surface area contributed by atoms with Crippen molar-refractivity contribution in [2.45, 2.75) is 32.5 Å². The van der Waals surface area contributed by atoms with Crippen LogP contribution in [0.1, 0.15) is 26.7 Å². The summed E-state index contributed by atoms with van der Waals surface area (Å²) in [7, 11) is 5.78. The van der Waals surface area contributed by atoms with Gasteiger partial charge in [-0.3, -0.25) is 0 Å². The summed E-state index contributed by atoms with van der Waals surface area (Å²) in [6.45, 7) is 8.61. The quantitative estimate of drug-likeness (QED) is 0.473. The Hall–Kier alpha value is 1.17. The Kier molecular flexibility index (Phi) is 4.89. The molecule has 0 amide bonds. The molecule has 3 radical (unpaired) electrons. The third-order valence-electron chi connectivity index (χ3n) is 2.85. The predicted octanol–water partition coefficient (Wildman–Crippen LogP) is 2.42. The average Bonchev–Trinajstić information content (AvgIpc) is 2.09. The molecule has 0 aromatic heterocycles. The van der Waals surface area contributed by atoms with E-state index in [4.69, 9.17) is 7.85 Å². The van der Waals surface area contributed by atoms with E-state index < -0.39 is 0 Å². The molecular formula is C9H15BY-2. The van der Waals surface area contributed by atoms with Crippen molar-refractivity contribution < 1.29 is 32.7 Å². The molecule has 59 valence electrons. The molecule has 0 saturated heterocycles. The molecule has 2 heteroatoms. The van der Waals surface area contributed by atoms with Gasteiger partial charge in [0.2, 0.25) is 0 Å². The minimum Gasteiger partial charge on any atom is -0.340 e. The molecule has 11 heavy (non-hydrogen) atoms. The Labute approximate surface area is 97.2 Å². The summed E-state index contributed by atoms with van der Waals surface area (Å²) in [5.74, 6) is 0.875. The monoisotopic (exact) mass is 223 g/mol. The van der Waals surface area contributed by atoms with E-state index in [-0.39, 0.29) is 43.9 Å². The van der Waals surface area contributed by atoms with Gasteiger partial charge in [0.25, 0.3) is 0 Å². The van der Waals surface area contributed by atoms with Crippen molar-refractivity contribution in [1.29, 1.82) is 0 Å². The van der Waals surface area contributed by atoms with Crippen molar-refractivity contribution in [2.24, 2.45) is 11.3 Å². The Morgan fingerprint density at radius 1 is 1.73 bits per heavy atom. The van der Waals surface area contributed by atoms with Gasteiger partial charge >= 0.3 is 0 Å². The summed E-state index contributed by atoms with van der Waals surface area (Å²) in [6, 6.07) is 0. The van der Waals surface area contributed by atoms with Gasteiger partial charge < -0.3 is 13.3 Å². The Balaban J connectivity index is 0.000001000. The van der Waals surface area contributed by atoms with Crippen molar-refractivity contribution >= 4 is 7.85 Å². The molecule has 1 aliphatic carbocycles. The molecule has 3 atom stereocenters. The zero-order valence-electron chi connectivity index (χ0n) is 7.51. The van der Waals surface area contributed by atoms with Crippen LogP contribution < -0.4 is 0 Å². The van der Waals surface area contributed by atoms with Crippen LogP contribution in [0.25, 0.3) is 0 Å². The fourth-order valence-electron chi connectivity index (χ4n) is 1.76. The second-order valence-electron chi connectivity index (χ2n) is 3.57. The molecule has 0 aromatic rings. The average molecular weight is 223 g/mol. The van der Waals surface area contributed by atoms with Crippen LogP contribution in [-0.2, 0) is 32.7 Å². The second-order valence-corrected chi connectivity index (χ2v) is 3.57. The SMILES string of the molecule is [B]C1[CH-][C@H](C)C([CH2-])(CC)C1.[Y]. The first kappa shape index (κ1) is 12.2. The first-order valence-electron chi connectivity index (χ1n) is 4.04. The third-order valence-corrected chi connectivity index (χ3v) is 2.85. The maximum Gasteiger partial charge on any atom is 0.0313 e. The summed E-state index contributed by atoms with van der Waals surface area (Å²) in [5, 5.41) is 0. The van der Waals surface area contributed by atoms with Crippen LogP contribution in [0.5, 0.6) is 0 Å². The van der Waals surface area contributed by atoms with E-state index in [9.17, 15) is 0 Å². The van der Waals surface area contributed by atoms with Gasteiger partial charge in [0.1, 0.15) is 0 Å². The van der Waals surface area contributed by atoms with Gasteiger partial charge in [-0.25, -0.2) is 5.82 Å². The van der Waals surface area contributed by atoms with E-state index in [0.717, 1.165) is 12.8 Å². The maximum absolute atomic E-state index is 5.78. The Morgan fingerprint density at radius 3 is 2.45 bits per heavy atom. The van der Waals surface area contributed by atoms with Crippen molar-refractivity contribution in [2.75, 3.05) is 0 Å². The fraction of sp³-hybridized carbons (Fsp3) is 0.778. The minimum absolute atomic E-state index is 0. The zero-order chi connectivity index (χ0) is 7.78. The van der Waals surface area contributed by atoms with E-state index in [1.165, 1.54) is 0 Å². The molecule has 1 fully saturated rings. The molecule has 0 heterocycles. The number of hydrogen-bond acceptors (Lipinski definition) is 0. The summed E-state index contributed by atoms with van der Waals surface area (Å²) in [5.41, 5.74) is 0.236. The summed E-state index contributed by atoms with van der Waals surface area (Å²) >= 11 is 0. The normalized spacial score (nSPS) is 43.5. The molecular weight excluding hydrogens is 208 g/mol. The van der Waals surface area contributed by atoms with Gasteiger partial charge in [0.15, 0.2) is 0 Å². The molecule has 0 bridgehead atoms. The summed E-state index contributed by atoms with van der Waals surface area (Å²) < 4.78 is 0. The Morgan fingerprint density at radius 2 is 2.27 bits per heavy atom. The molecule has 0 nitrogen and oxygen atoms in total. The van der Waals surface area contributed by atoms with Gasteiger partial charge in [-0.15, -0.1) is 6.42 Å². The van der Waals surface area contributed by atoms with Crippen LogP contribution in [0.15, 0.2) is 0 Å². The minimum atomic E-state index is 0. The largest absolute Gasteiger partial charge is 0.340 e. The summed E-state index contributed by atoms with van der Waals surface area (Å²) in [4.78, 5) is 0. The first-order chi connectivity index (χ1) is 4.58. The Bertz CT molecular complexity index is 127. The fourth-order valence-corrected chi connectivity index (χ4v) is 1.76. The standard InChI is InChI=1S/C9H15B.Y/c1-4-9(3)6-8(10)5-7(9)2;/h5,7-8H,3-4,6H2,1-2H3;/q-2;/t7-,8?,9?;/m0./s1. The summed E-state index contributed by atoms with van der Waals surface area (Å²) in [6.07, 6.45) is 4.42. The van der Waals surface area contributed by atoms with Crippen molar-refractivity contribution in [1.82, 2.24) is 0 Å². The van der Waals surface area contributed by atoms with E-state index in [0.29, 0.717) is 5.92 Å². The van der Waals surface area contributed by atoms with E-state index in [2.05, 4.69) is 27.2 Å². The van der Waals surface area contributed by atoms with Gasteiger partial charge in [-0.2, -0.15) is 11.3 Å². The molecule has 0 spiro atoms. The maximum atomic E-state index is 5.78. The van der Waals surface area contributed by atoms with Gasteiger partial charge in [-0.1, -0.05) is 20.3 Å². The zero-order valence-corrected chi connectivity index (χ0v) is 10.3. The van der Waals surface area contributed by atoms with Crippen molar-refractivity contribution in [3.63, 3.8) is 0 Å². The molecule has 1 saturated carbocycles. The van der Waals surface area contributed by atoms with Crippen LogP contribution in [-0.4, -0.2) is 7.85 Å². The predicted molar refractivity (Wildman–Crippen MR) is 45.7 cm³/mol. The van der Waals surface area contributed by atoms with Crippen molar-refractivity contribution in [3.05, 3.63) is 13.3 Å². The van der Waals surface area contributed by atoms with Crippen LogP contribution in [0, 0.1) is 24.7 Å². The number of rotatable bonds is 1. The smallest absolute Gasteiger partial charge is 0.0313 e. The van der Waals surface area contributed by atoms with E-state index >= 15 is 0 Å². The molecule has 1 aliphatic rings. The van der Waals surface area contributed by atoms with Gasteiger partial charge in [0, 0.05) is 40.6 Å². The molecule has 0 aromatic carbocycles. The first-order valence-corrected chi connectivity index (χ1v) is 4.04. The molecule has 2 unspecified atom stereocenters. The molecule has 1 rings (SSSR count). The van der Waals surface area contributed by atoms with Gasteiger partial charge in [0.05, 0.1) is 0 Å². The topological polar surface area (TPSA) is 0 Å². The van der Waals surface area contributed by atoms with Crippen LogP contribution in [0.3, 0.4) is 0 Å². The van der Waals surface area contributed by atoms with Crippen LogP contribution in [0.4, 0.5) is 0 Å². The molecule has 0 aliphatic heterocycles. The molecule has 0 N–H and O–H groups in total. The van der Waals surface area contributed by atoms with Crippen molar-refractivity contribution in [3.8, 4) is 0 Å². The van der Waals surface area contributed by atoms with Gasteiger partial charge in [-0.05, 0) is 0 Å².